The molecule has 4 nitrogen and oxygen atoms in total. The molecule has 0 fully saturated rings. The fraction of sp³-hybridized carbons (Fsp3) is 0. The summed E-state index contributed by atoms with van der Waals surface area (Å²) in [5.74, 6) is 6.36. The van der Waals surface area contributed by atoms with Crippen LogP contribution in [0.1, 0.15) is 0 Å². The fourth-order valence-corrected chi connectivity index (χ4v) is 14.6. The molecule has 0 aliphatic rings. The van der Waals surface area contributed by atoms with Gasteiger partial charge in [-0.05, 0) is 184 Å². The monoisotopic (exact) mass is 1230 g/mol. The third-order valence-electron chi connectivity index (χ3n) is 18.7. The predicted octanol–water partition coefficient (Wildman–Crippen LogP) is 26.4. The summed E-state index contributed by atoms with van der Waals surface area (Å²) in [6.07, 6.45) is 0. The number of benzene rings is 18. The summed E-state index contributed by atoms with van der Waals surface area (Å²) in [4.78, 5) is 0. The Morgan fingerprint density at radius 1 is 0.125 bits per heavy atom. The maximum atomic E-state index is 7.01. The van der Waals surface area contributed by atoms with Crippen LogP contribution in [0.4, 0.5) is 0 Å². The smallest absolute Gasteiger partial charge is 0.143 e. The van der Waals surface area contributed by atoms with Crippen LogP contribution in [-0.4, -0.2) is 0 Å². The van der Waals surface area contributed by atoms with Crippen molar-refractivity contribution in [3.05, 3.63) is 352 Å². The molecule has 96 heavy (non-hydrogen) atoms. The van der Waals surface area contributed by atoms with Crippen molar-refractivity contribution in [3.8, 4) is 102 Å². The van der Waals surface area contributed by atoms with Gasteiger partial charge in [-0.3, -0.25) is 0 Å². The van der Waals surface area contributed by atoms with Gasteiger partial charge in [-0.25, -0.2) is 0 Å². The molecule has 0 N–H and O–H groups in total. The van der Waals surface area contributed by atoms with E-state index in [9.17, 15) is 0 Å². The van der Waals surface area contributed by atoms with Crippen LogP contribution >= 0.6 is 0 Å². The molecule has 0 radical (unpaired) electrons. The minimum Gasteiger partial charge on any atom is -0.456 e. The van der Waals surface area contributed by atoms with Gasteiger partial charge in [0, 0.05) is 43.1 Å². The van der Waals surface area contributed by atoms with Crippen molar-refractivity contribution in [2.24, 2.45) is 0 Å². The molecule has 18 aromatic carbocycles. The zero-order valence-electron chi connectivity index (χ0n) is 52.1. The summed E-state index contributed by atoms with van der Waals surface area (Å²) in [5.41, 5.74) is 10.7. The van der Waals surface area contributed by atoms with Gasteiger partial charge in [0.1, 0.15) is 46.0 Å². The van der Waals surface area contributed by atoms with Gasteiger partial charge in [0.05, 0.1) is 0 Å². The number of hydrogen-bond donors (Lipinski definition) is 0. The van der Waals surface area contributed by atoms with Gasteiger partial charge in [0.2, 0.25) is 0 Å². The minimum absolute atomic E-state index is 0.775. The molecule has 0 saturated carbocycles. The van der Waals surface area contributed by atoms with E-state index in [0.29, 0.717) is 0 Å². The molecule has 18 aromatic rings. The van der Waals surface area contributed by atoms with E-state index in [-0.39, 0.29) is 0 Å². The number of ether oxygens (including phenoxy) is 4. The van der Waals surface area contributed by atoms with Crippen molar-refractivity contribution in [2.45, 2.75) is 0 Å². The second kappa shape index (κ2) is 23.7. The molecular weight excluding hydrogens is 1170 g/mol. The van der Waals surface area contributed by atoms with Crippen LogP contribution in [0, 0.1) is 0 Å². The first-order chi connectivity index (χ1) is 47.6. The van der Waals surface area contributed by atoms with E-state index in [0.717, 1.165) is 188 Å². The lowest BCUT2D eigenvalue weighted by atomic mass is 9.83. The van der Waals surface area contributed by atoms with Crippen molar-refractivity contribution < 1.29 is 18.9 Å². The van der Waals surface area contributed by atoms with Gasteiger partial charge in [0.15, 0.2) is 0 Å². The van der Waals surface area contributed by atoms with Crippen molar-refractivity contribution in [1.82, 2.24) is 0 Å². The molecule has 0 atom stereocenters. The highest BCUT2D eigenvalue weighted by Gasteiger charge is 2.26. The van der Waals surface area contributed by atoms with Crippen molar-refractivity contribution in [1.29, 1.82) is 0 Å². The molecule has 0 bridgehead atoms. The zero-order chi connectivity index (χ0) is 63.5. The number of rotatable bonds is 13. The predicted molar refractivity (Wildman–Crippen MR) is 400 cm³/mol. The summed E-state index contributed by atoms with van der Waals surface area (Å²) in [7, 11) is 0. The summed E-state index contributed by atoms with van der Waals surface area (Å²) < 4.78 is 28.0. The summed E-state index contributed by atoms with van der Waals surface area (Å²) in [6, 6.07) is 125. The first kappa shape index (κ1) is 56.0. The SMILES string of the molecule is c1ccc(Oc2c3ccccc3c(-c3cc(-c4cc(-c5c6ccccc6c(Oc6ccccc6)c6ccccc56)cc(-c5c6ccccc6c(Oc6ccccc6)c6ccccc56)c4)cc(-c4c5ccccc5c(Oc5ccccc5)c5ccccc45)c3)c3ccccc23)cc1. The van der Waals surface area contributed by atoms with E-state index in [1.807, 2.05) is 121 Å². The molecule has 0 aliphatic carbocycles. The van der Waals surface area contributed by atoms with Crippen molar-refractivity contribution in [3.63, 3.8) is 0 Å². The van der Waals surface area contributed by atoms with Crippen molar-refractivity contribution in [2.75, 3.05) is 0 Å². The Labute approximate surface area is 555 Å². The Bertz CT molecular complexity index is 5100. The van der Waals surface area contributed by atoms with E-state index >= 15 is 0 Å². The maximum absolute atomic E-state index is 7.01. The van der Waals surface area contributed by atoms with E-state index in [2.05, 4.69) is 231 Å². The van der Waals surface area contributed by atoms with Crippen LogP contribution in [0.15, 0.2) is 352 Å². The Hall–Kier alpha value is -12.8. The van der Waals surface area contributed by atoms with Crippen molar-refractivity contribution >= 4 is 86.2 Å². The van der Waals surface area contributed by atoms with Gasteiger partial charge in [-0.15, -0.1) is 0 Å². The molecule has 0 unspecified atom stereocenters. The highest BCUT2D eigenvalue weighted by Crippen LogP contribution is 2.53. The molecule has 450 valence electrons. The van der Waals surface area contributed by atoms with Gasteiger partial charge in [0.25, 0.3) is 0 Å². The minimum atomic E-state index is 0.775. The Kier molecular flexibility index (Phi) is 13.8. The lowest BCUT2D eigenvalue weighted by Crippen LogP contribution is -1.96. The average molecular weight is 1230 g/mol. The van der Waals surface area contributed by atoms with Gasteiger partial charge in [-0.1, -0.05) is 267 Å². The van der Waals surface area contributed by atoms with Crippen LogP contribution < -0.4 is 18.9 Å². The molecule has 4 heteroatoms. The first-order valence-electron chi connectivity index (χ1n) is 32.6. The molecule has 0 heterocycles. The Balaban J connectivity index is 0.972. The van der Waals surface area contributed by atoms with E-state index in [1.54, 1.807) is 0 Å². The van der Waals surface area contributed by atoms with Crippen LogP contribution in [-0.2, 0) is 0 Å². The normalized spacial score (nSPS) is 11.5. The van der Waals surface area contributed by atoms with E-state index < -0.39 is 0 Å². The average Bonchev–Trinajstić information content (AvgIpc) is 0.766. The van der Waals surface area contributed by atoms with E-state index in [4.69, 9.17) is 18.9 Å². The summed E-state index contributed by atoms with van der Waals surface area (Å²) >= 11 is 0. The summed E-state index contributed by atoms with van der Waals surface area (Å²) in [6.45, 7) is 0. The van der Waals surface area contributed by atoms with Gasteiger partial charge >= 0.3 is 0 Å². The molecule has 0 aromatic heterocycles. The van der Waals surface area contributed by atoms with Crippen LogP contribution in [0.5, 0.6) is 46.0 Å². The van der Waals surface area contributed by atoms with Crippen LogP contribution in [0.2, 0.25) is 0 Å². The lowest BCUT2D eigenvalue weighted by molar-refractivity contribution is 0.493. The third-order valence-corrected chi connectivity index (χ3v) is 18.7. The second-order valence-corrected chi connectivity index (χ2v) is 24.4. The Morgan fingerprint density at radius 3 is 0.427 bits per heavy atom. The van der Waals surface area contributed by atoms with Gasteiger partial charge < -0.3 is 18.9 Å². The topological polar surface area (TPSA) is 36.9 Å². The molecule has 0 amide bonds. The van der Waals surface area contributed by atoms with E-state index in [1.165, 1.54) is 0 Å². The second-order valence-electron chi connectivity index (χ2n) is 24.4. The number of fused-ring (bicyclic) bond motifs is 8. The zero-order valence-corrected chi connectivity index (χ0v) is 52.1. The lowest BCUT2D eigenvalue weighted by Gasteiger charge is -2.22. The van der Waals surface area contributed by atoms with Gasteiger partial charge in [-0.2, -0.15) is 0 Å². The fourth-order valence-electron chi connectivity index (χ4n) is 14.6. The highest BCUT2D eigenvalue weighted by molar-refractivity contribution is 6.23. The Morgan fingerprint density at radius 2 is 0.260 bits per heavy atom. The maximum Gasteiger partial charge on any atom is 0.143 e. The number of para-hydroxylation sites is 4. The first-order valence-corrected chi connectivity index (χ1v) is 32.6. The molecule has 18 rings (SSSR count). The van der Waals surface area contributed by atoms with Crippen LogP contribution in [0.3, 0.4) is 0 Å². The summed E-state index contributed by atoms with van der Waals surface area (Å²) in [5, 5.41) is 16.7. The largest absolute Gasteiger partial charge is 0.456 e. The third kappa shape index (κ3) is 9.78. The molecule has 0 saturated heterocycles. The molecular formula is C92H58O4. The quantitative estimate of drug-likeness (QED) is 0.108. The highest BCUT2D eigenvalue weighted by atomic mass is 16.5. The van der Waals surface area contributed by atoms with Crippen LogP contribution in [0.25, 0.3) is 142 Å². The standard InChI is InChI=1S/C92H58O4/c1-5-29-65(30-6-1)93-89-77-45-21-13-37-69(77)85(70-38-14-22-46-78(70)89)61-53-59(54-62(57-61)86-71-39-15-23-47-79(71)90(80-48-24-16-40-72(80)86)94-66-31-7-2-8-32-66)60-55-63(87-73-41-17-25-49-81(73)91(82-50-26-18-42-74(82)87)95-67-33-9-3-10-34-67)58-64(56-60)88-75-43-19-27-51-83(75)92(84-52-28-20-44-76(84)88)96-68-35-11-4-12-36-68/h1-58H. The molecule has 0 spiro atoms. The number of hydrogen-bond acceptors (Lipinski definition) is 4. The molecule has 0 aliphatic heterocycles.